The van der Waals surface area contributed by atoms with Crippen LogP contribution in [-0.2, 0) is 25.7 Å². The quantitative estimate of drug-likeness (QED) is 0.501. The molecular formula is C20H21N4O5+. The Hall–Kier alpha value is -3.49. The Morgan fingerprint density at radius 2 is 2.07 bits per heavy atom. The number of carboxylic acid groups (broad SMARTS) is 1. The number of allylic oxidation sites excluding steroid dienone is 2. The zero-order valence-corrected chi connectivity index (χ0v) is 15.8. The van der Waals surface area contributed by atoms with Crippen LogP contribution in [0.2, 0.25) is 0 Å². The third kappa shape index (κ3) is 2.98. The van der Waals surface area contributed by atoms with Crippen molar-refractivity contribution < 1.29 is 28.9 Å². The summed E-state index contributed by atoms with van der Waals surface area (Å²) in [6.45, 7) is 1.85. The molecule has 3 aliphatic rings. The number of hydrogen-bond acceptors (Lipinski definition) is 4. The van der Waals surface area contributed by atoms with E-state index in [2.05, 4.69) is 0 Å². The van der Waals surface area contributed by atoms with Crippen LogP contribution in [0.25, 0.3) is 6.08 Å². The minimum absolute atomic E-state index is 0.00198. The van der Waals surface area contributed by atoms with Crippen molar-refractivity contribution in [2.75, 3.05) is 6.54 Å². The highest BCUT2D eigenvalue weighted by molar-refractivity contribution is 6.02. The fourth-order valence-electron chi connectivity index (χ4n) is 4.58. The molecule has 4 heterocycles. The summed E-state index contributed by atoms with van der Waals surface area (Å²) < 4.78 is 1.66. The standard InChI is InChI=1S/C20H20N4O5/c1-11(25)23-9-13-8-12(17(20(28)29)24-16(13)18(23)19(24)27)5-6-14-4-2-3-7-22(14)10-15(21)26/h2-7,13,16,18H,8-10H2,1H3,(H2-,21,26,28,29)/p+1/t13?,16-,18?/m1/s1. The smallest absolute Gasteiger partial charge is 0.352 e. The predicted octanol–water partition coefficient (Wildman–Crippen LogP) is -0.727. The van der Waals surface area contributed by atoms with Gasteiger partial charge in [-0.2, -0.15) is 4.57 Å². The summed E-state index contributed by atoms with van der Waals surface area (Å²) in [6, 6.07) is 4.52. The van der Waals surface area contributed by atoms with Crippen LogP contribution in [0.5, 0.6) is 0 Å². The molecule has 0 spiro atoms. The van der Waals surface area contributed by atoms with Gasteiger partial charge in [0.1, 0.15) is 11.7 Å². The summed E-state index contributed by atoms with van der Waals surface area (Å²) in [6.07, 6.45) is 5.54. The minimum atomic E-state index is -1.17. The van der Waals surface area contributed by atoms with Gasteiger partial charge in [0.25, 0.3) is 11.8 Å². The van der Waals surface area contributed by atoms with Crippen LogP contribution in [0.4, 0.5) is 0 Å². The molecule has 3 atom stereocenters. The average Bonchev–Trinajstić information content (AvgIpc) is 3.02. The number of rotatable bonds is 5. The topological polar surface area (TPSA) is 125 Å². The fourth-order valence-corrected chi connectivity index (χ4v) is 4.58. The third-order valence-corrected chi connectivity index (χ3v) is 5.75. The second kappa shape index (κ2) is 6.84. The van der Waals surface area contributed by atoms with Crippen LogP contribution in [-0.4, -0.2) is 57.2 Å². The van der Waals surface area contributed by atoms with E-state index in [1.165, 1.54) is 16.7 Å². The second-order valence-corrected chi connectivity index (χ2v) is 7.51. The van der Waals surface area contributed by atoms with E-state index in [-0.39, 0.29) is 36.0 Å². The number of carboxylic acids is 1. The molecule has 0 saturated carbocycles. The normalized spacial score (nSPS) is 25.3. The molecule has 9 nitrogen and oxygen atoms in total. The number of carbonyl (C=O) groups is 4. The summed E-state index contributed by atoms with van der Waals surface area (Å²) in [4.78, 5) is 50.6. The van der Waals surface area contributed by atoms with Crippen LogP contribution in [0, 0.1) is 5.92 Å². The Bertz CT molecular complexity index is 998. The van der Waals surface area contributed by atoms with Crippen molar-refractivity contribution in [2.45, 2.75) is 32.0 Å². The number of amides is 3. The van der Waals surface area contributed by atoms with Crippen LogP contribution in [0.3, 0.4) is 0 Å². The molecular weight excluding hydrogens is 376 g/mol. The lowest BCUT2D eigenvalue weighted by molar-refractivity contribution is -0.686. The molecule has 9 heteroatoms. The van der Waals surface area contributed by atoms with Crippen molar-refractivity contribution in [3.63, 3.8) is 0 Å². The molecule has 4 rings (SSSR count). The highest BCUT2D eigenvalue weighted by atomic mass is 16.4. The van der Waals surface area contributed by atoms with Gasteiger partial charge in [0, 0.05) is 37.6 Å². The monoisotopic (exact) mass is 397 g/mol. The van der Waals surface area contributed by atoms with Gasteiger partial charge in [-0.1, -0.05) is 6.08 Å². The first-order valence-corrected chi connectivity index (χ1v) is 9.31. The van der Waals surface area contributed by atoms with Crippen molar-refractivity contribution in [3.05, 3.63) is 47.4 Å². The van der Waals surface area contributed by atoms with E-state index in [4.69, 9.17) is 5.73 Å². The van der Waals surface area contributed by atoms with Gasteiger partial charge in [0.05, 0.1) is 6.04 Å². The first kappa shape index (κ1) is 18.9. The van der Waals surface area contributed by atoms with Gasteiger partial charge in [0.2, 0.25) is 18.1 Å². The van der Waals surface area contributed by atoms with Gasteiger partial charge in [-0.15, -0.1) is 0 Å². The van der Waals surface area contributed by atoms with E-state index in [1.807, 2.05) is 0 Å². The number of β-lactam (4-membered cyclic amide) rings is 1. The number of hydrogen-bond donors (Lipinski definition) is 2. The van der Waals surface area contributed by atoms with E-state index in [0.717, 1.165) is 0 Å². The van der Waals surface area contributed by atoms with E-state index >= 15 is 0 Å². The number of nitrogens with two attached hydrogens (primary N) is 1. The van der Waals surface area contributed by atoms with Crippen molar-refractivity contribution >= 4 is 29.8 Å². The van der Waals surface area contributed by atoms with Crippen LogP contribution in [0.1, 0.15) is 19.0 Å². The molecule has 0 radical (unpaired) electrons. The molecule has 0 aromatic carbocycles. The van der Waals surface area contributed by atoms with E-state index in [9.17, 15) is 24.3 Å². The molecule has 1 aromatic heterocycles. The number of pyridine rings is 1. The number of primary amides is 1. The van der Waals surface area contributed by atoms with Crippen LogP contribution >= 0.6 is 0 Å². The van der Waals surface area contributed by atoms with Crippen molar-refractivity contribution in [1.29, 1.82) is 0 Å². The number of aliphatic carboxylic acids is 1. The number of nitrogens with zero attached hydrogens (tertiary/aromatic N) is 3. The molecule has 0 bridgehead atoms. The Balaban J connectivity index is 1.69. The number of carbonyl (C=O) groups excluding carboxylic acids is 3. The van der Waals surface area contributed by atoms with Crippen LogP contribution < -0.4 is 10.3 Å². The largest absolute Gasteiger partial charge is 0.477 e. The van der Waals surface area contributed by atoms with E-state index < -0.39 is 17.9 Å². The van der Waals surface area contributed by atoms with Gasteiger partial charge < -0.3 is 15.7 Å². The Kier molecular flexibility index (Phi) is 4.45. The summed E-state index contributed by atoms with van der Waals surface area (Å²) in [5.74, 6) is -2.19. The van der Waals surface area contributed by atoms with Crippen molar-refractivity contribution in [1.82, 2.24) is 9.80 Å². The molecule has 29 heavy (non-hydrogen) atoms. The molecule has 2 fully saturated rings. The highest BCUT2D eigenvalue weighted by Crippen LogP contribution is 2.47. The molecule has 3 N–H and O–H groups in total. The Labute approximate surface area is 166 Å². The zero-order valence-electron chi connectivity index (χ0n) is 15.8. The highest BCUT2D eigenvalue weighted by Gasteiger charge is 2.63. The molecule has 2 saturated heterocycles. The molecule has 3 aliphatic heterocycles. The van der Waals surface area contributed by atoms with Gasteiger partial charge in [-0.25, -0.2) is 4.79 Å². The Morgan fingerprint density at radius 3 is 2.72 bits per heavy atom. The van der Waals surface area contributed by atoms with E-state index in [1.54, 1.807) is 41.1 Å². The lowest BCUT2D eigenvalue weighted by Crippen LogP contribution is -2.69. The lowest BCUT2D eigenvalue weighted by atomic mass is 9.79. The first-order valence-electron chi connectivity index (χ1n) is 9.31. The summed E-state index contributed by atoms with van der Waals surface area (Å²) >= 11 is 0. The summed E-state index contributed by atoms with van der Waals surface area (Å²) in [7, 11) is 0. The molecule has 2 unspecified atom stereocenters. The maximum absolute atomic E-state index is 12.6. The summed E-state index contributed by atoms with van der Waals surface area (Å²) in [5, 5.41) is 9.75. The molecule has 3 amide bonds. The van der Waals surface area contributed by atoms with Crippen LogP contribution in [0.15, 0.2) is 41.7 Å². The fraction of sp³-hybridized carbons (Fsp3) is 0.350. The van der Waals surface area contributed by atoms with Crippen molar-refractivity contribution in [2.24, 2.45) is 11.7 Å². The number of aromatic nitrogens is 1. The SMILES string of the molecule is CC(=O)N1CC2CC(C=Cc3cccc[n+]3CC(N)=O)=C(C(=O)O)N3C(=O)C1[C@@H]23. The summed E-state index contributed by atoms with van der Waals surface area (Å²) in [5.41, 5.74) is 6.44. The second-order valence-electron chi connectivity index (χ2n) is 7.51. The lowest BCUT2D eigenvalue weighted by Gasteiger charge is -2.49. The van der Waals surface area contributed by atoms with Crippen molar-refractivity contribution in [3.8, 4) is 0 Å². The minimum Gasteiger partial charge on any atom is -0.477 e. The van der Waals surface area contributed by atoms with Gasteiger partial charge in [-0.05, 0) is 18.1 Å². The maximum Gasteiger partial charge on any atom is 0.352 e. The number of likely N-dealkylation sites (tertiary alicyclic amines) is 1. The molecule has 150 valence electrons. The maximum atomic E-state index is 12.6. The third-order valence-electron chi connectivity index (χ3n) is 5.75. The Morgan fingerprint density at radius 1 is 1.31 bits per heavy atom. The van der Waals surface area contributed by atoms with Gasteiger partial charge in [0.15, 0.2) is 6.20 Å². The predicted molar refractivity (Wildman–Crippen MR) is 99.4 cm³/mol. The van der Waals surface area contributed by atoms with Gasteiger partial charge in [-0.3, -0.25) is 19.3 Å². The van der Waals surface area contributed by atoms with Gasteiger partial charge >= 0.3 is 5.97 Å². The first-order chi connectivity index (χ1) is 13.8. The average molecular weight is 397 g/mol. The molecule has 1 aromatic rings. The molecule has 0 aliphatic carbocycles. The van der Waals surface area contributed by atoms with E-state index in [0.29, 0.717) is 24.2 Å². The zero-order chi connectivity index (χ0) is 20.9.